The second-order valence-electron chi connectivity index (χ2n) is 1.80. The maximum Gasteiger partial charge on any atom is 0.179 e. The average molecular weight is 215 g/mol. The highest BCUT2D eigenvalue weighted by atomic mass is 79.9. The number of hydrogen-bond donors (Lipinski definition) is 2. The lowest BCUT2D eigenvalue weighted by Gasteiger charge is -1.90. The Morgan fingerprint density at radius 1 is 1.91 bits per heavy atom. The first kappa shape index (κ1) is 8.13. The van der Waals surface area contributed by atoms with Crippen molar-refractivity contribution in [1.29, 1.82) is 5.41 Å². The van der Waals surface area contributed by atoms with Gasteiger partial charge in [-0.15, -0.1) is 0 Å². The Hall–Kier alpha value is -0.970. The normalized spacial score (nSPS) is 10.7. The van der Waals surface area contributed by atoms with Crippen molar-refractivity contribution in [3.8, 4) is 0 Å². The minimum atomic E-state index is 0.260. The van der Waals surface area contributed by atoms with E-state index in [2.05, 4.69) is 30.9 Å². The summed E-state index contributed by atoms with van der Waals surface area (Å²) in [6.45, 7) is 1.80. The van der Waals surface area contributed by atoms with E-state index in [1.807, 2.05) is 0 Å². The van der Waals surface area contributed by atoms with Gasteiger partial charge in [0.25, 0.3) is 0 Å². The molecule has 0 unspecified atom stereocenters. The lowest BCUT2D eigenvalue weighted by molar-refractivity contribution is 1.30. The Morgan fingerprint density at radius 2 is 2.64 bits per heavy atom. The summed E-state index contributed by atoms with van der Waals surface area (Å²) in [5, 5.41) is 7.24. The summed E-state index contributed by atoms with van der Waals surface area (Å²) < 4.78 is 0.260. The second-order valence-corrected chi connectivity index (χ2v) is 2.60. The van der Waals surface area contributed by atoms with Crippen LogP contribution in [-0.4, -0.2) is 20.8 Å². The zero-order valence-electron chi connectivity index (χ0n) is 5.93. The predicted molar refractivity (Wildman–Crippen MR) is 48.2 cm³/mol. The summed E-state index contributed by atoms with van der Waals surface area (Å²) in [5.41, 5.74) is 0.600. The van der Waals surface area contributed by atoms with E-state index >= 15 is 0 Å². The fourth-order valence-corrected chi connectivity index (χ4v) is 0.961. The zero-order chi connectivity index (χ0) is 8.27. The van der Waals surface area contributed by atoms with Crippen molar-refractivity contribution >= 4 is 32.6 Å². The molecule has 4 nitrogen and oxygen atoms in total. The van der Waals surface area contributed by atoms with Crippen molar-refractivity contribution in [2.75, 3.05) is 0 Å². The number of nitrogens with one attached hydrogen (secondary N) is 2. The summed E-state index contributed by atoms with van der Waals surface area (Å²) >= 11 is 3.02. The van der Waals surface area contributed by atoms with Gasteiger partial charge < -0.3 is 4.98 Å². The van der Waals surface area contributed by atoms with Gasteiger partial charge in [0, 0.05) is 6.21 Å². The Morgan fingerprint density at radius 3 is 3.18 bits per heavy atom. The van der Waals surface area contributed by atoms with Gasteiger partial charge in [-0.3, -0.25) is 5.41 Å². The Bertz CT molecular complexity index is 289. The number of aromatic nitrogens is 2. The van der Waals surface area contributed by atoms with Crippen LogP contribution in [-0.2, 0) is 0 Å². The summed E-state index contributed by atoms with van der Waals surface area (Å²) in [6, 6.07) is 0. The molecule has 0 aliphatic carbocycles. The molecule has 11 heavy (non-hydrogen) atoms. The first-order valence-corrected chi connectivity index (χ1v) is 3.81. The Labute approximate surface area is 72.4 Å². The van der Waals surface area contributed by atoms with Crippen molar-refractivity contribution in [3.63, 3.8) is 0 Å². The van der Waals surface area contributed by atoms with E-state index in [9.17, 15) is 0 Å². The fraction of sp³-hybridized carbons (Fsp3) is 0.167. The molecule has 0 aliphatic heterocycles. The third kappa shape index (κ3) is 1.74. The number of halogens is 1. The maximum atomic E-state index is 7.24. The van der Waals surface area contributed by atoms with E-state index in [1.165, 1.54) is 6.33 Å². The first-order chi connectivity index (χ1) is 5.25. The number of nitrogens with zero attached hydrogens (tertiary/aromatic N) is 2. The first-order valence-electron chi connectivity index (χ1n) is 3.02. The highest BCUT2D eigenvalue weighted by Crippen LogP contribution is 2.15. The molecule has 0 saturated carbocycles. The van der Waals surface area contributed by atoms with Crippen LogP contribution in [0.4, 0.5) is 5.82 Å². The van der Waals surface area contributed by atoms with Crippen LogP contribution in [0.25, 0.3) is 0 Å². The minimum Gasteiger partial charge on any atom is -0.341 e. The van der Waals surface area contributed by atoms with Crippen molar-refractivity contribution in [2.24, 2.45) is 4.99 Å². The molecule has 1 aromatic rings. The zero-order valence-corrected chi connectivity index (χ0v) is 7.51. The summed E-state index contributed by atoms with van der Waals surface area (Å²) in [6.07, 6.45) is 3.14. The fourth-order valence-electron chi connectivity index (χ4n) is 0.669. The number of aromatic amines is 1. The third-order valence-electron chi connectivity index (χ3n) is 1.09. The topological polar surface area (TPSA) is 64.9 Å². The molecule has 0 aromatic carbocycles. The van der Waals surface area contributed by atoms with Gasteiger partial charge in [-0.05, 0) is 22.9 Å². The van der Waals surface area contributed by atoms with Gasteiger partial charge in [-0.2, -0.15) is 0 Å². The molecule has 0 saturated heterocycles. The van der Waals surface area contributed by atoms with Gasteiger partial charge in [0.2, 0.25) is 0 Å². The molecule has 0 bridgehead atoms. The number of H-pyrrole nitrogens is 1. The van der Waals surface area contributed by atoms with Crippen LogP contribution >= 0.6 is 15.9 Å². The van der Waals surface area contributed by atoms with Crippen molar-refractivity contribution < 1.29 is 0 Å². The van der Waals surface area contributed by atoms with Crippen LogP contribution in [0.3, 0.4) is 0 Å². The smallest absolute Gasteiger partial charge is 0.179 e. The highest BCUT2D eigenvalue weighted by molar-refractivity contribution is 9.18. The Balaban J connectivity index is 3.05. The van der Waals surface area contributed by atoms with E-state index in [0.717, 1.165) is 0 Å². The van der Waals surface area contributed by atoms with Crippen molar-refractivity contribution in [3.05, 3.63) is 12.0 Å². The van der Waals surface area contributed by atoms with E-state index in [-0.39, 0.29) is 4.62 Å². The monoisotopic (exact) mass is 214 g/mol. The van der Waals surface area contributed by atoms with Gasteiger partial charge >= 0.3 is 0 Å². The lowest BCUT2D eigenvalue weighted by Crippen LogP contribution is -1.87. The van der Waals surface area contributed by atoms with Crippen LogP contribution in [0.1, 0.15) is 12.6 Å². The van der Waals surface area contributed by atoms with Crippen LogP contribution in [0.5, 0.6) is 0 Å². The highest BCUT2D eigenvalue weighted by Gasteiger charge is 2.05. The quantitative estimate of drug-likeness (QED) is 0.726. The molecule has 0 radical (unpaired) electrons. The van der Waals surface area contributed by atoms with Crippen LogP contribution in [0, 0.1) is 5.41 Å². The average Bonchev–Trinajstić information content (AvgIpc) is 2.36. The number of aliphatic imine (C=N–C) groups is 1. The number of hydrogen-bond acceptors (Lipinski definition) is 3. The van der Waals surface area contributed by atoms with Gasteiger partial charge in [0.1, 0.15) is 10.3 Å². The van der Waals surface area contributed by atoms with Crippen LogP contribution < -0.4 is 0 Å². The molecule has 0 atom stereocenters. The largest absolute Gasteiger partial charge is 0.341 e. The molecule has 0 aliphatic rings. The van der Waals surface area contributed by atoms with Crippen LogP contribution in [0.15, 0.2) is 11.3 Å². The molecule has 0 spiro atoms. The summed E-state index contributed by atoms with van der Waals surface area (Å²) in [7, 11) is 0. The van der Waals surface area contributed by atoms with Gasteiger partial charge in [-0.25, -0.2) is 9.98 Å². The van der Waals surface area contributed by atoms with Crippen LogP contribution in [0.2, 0.25) is 0 Å². The van der Waals surface area contributed by atoms with Crippen molar-refractivity contribution in [1.82, 2.24) is 9.97 Å². The molecule has 5 heteroatoms. The molecule has 1 aromatic heterocycles. The molecular weight excluding hydrogens is 208 g/mol. The number of rotatable bonds is 2. The standard InChI is InChI=1S/C6H7BrN4/c1-2-9-6-4(5(7)8)10-3-11-6/h2-3,8H,1H3,(H,10,11). The van der Waals surface area contributed by atoms with Gasteiger partial charge in [0.05, 0.1) is 6.33 Å². The molecule has 0 amide bonds. The predicted octanol–water partition coefficient (Wildman–Crippen LogP) is 1.85. The molecule has 58 valence electrons. The number of imidazole rings is 1. The molecule has 0 fully saturated rings. The van der Waals surface area contributed by atoms with Gasteiger partial charge in [-0.1, -0.05) is 0 Å². The molecule has 2 N–H and O–H groups in total. The molecular formula is C6H7BrN4. The maximum absolute atomic E-state index is 7.24. The van der Waals surface area contributed by atoms with E-state index in [4.69, 9.17) is 5.41 Å². The van der Waals surface area contributed by atoms with E-state index < -0.39 is 0 Å². The minimum absolute atomic E-state index is 0.260. The lowest BCUT2D eigenvalue weighted by atomic mass is 10.5. The Kier molecular flexibility index (Phi) is 2.53. The van der Waals surface area contributed by atoms with Gasteiger partial charge in [0.15, 0.2) is 5.82 Å². The van der Waals surface area contributed by atoms with E-state index in [0.29, 0.717) is 11.5 Å². The summed E-state index contributed by atoms with van der Waals surface area (Å²) in [5.74, 6) is 0.536. The molecule has 1 heterocycles. The third-order valence-corrected chi connectivity index (χ3v) is 1.49. The molecule has 1 rings (SSSR count). The van der Waals surface area contributed by atoms with Crippen molar-refractivity contribution in [2.45, 2.75) is 6.92 Å². The second kappa shape index (κ2) is 3.43. The summed E-state index contributed by atoms with van der Waals surface area (Å²) in [4.78, 5) is 10.6. The van der Waals surface area contributed by atoms with E-state index in [1.54, 1.807) is 13.1 Å². The SMILES string of the molecule is CC=Nc1nc[nH]c1C(=N)Br.